The summed E-state index contributed by atoms with van der Waals surface area (Å²) >= 11 is 0. The van der Waals surface area contributed by atoms with Gasteiger partial charge in [0.25, 0.3) is 23.6 Å². The van der Waals surface area contributed by atoms with Crippen LogP contribution in [0, 0.1) is 41.7 Å². The molecule has 0 aliphatic carbocycles. The maximum atomic E-state index is 12.3. The van der Waals surface area contributed by atoms with Gasteiger partial charge in [-0.25, -0.2) is 15.8 Å². The lowest BCUT2D eigenvalue weighted by molar-refractivity contribution is -0.420. The number of allylic oxidation sites excluding steroid dienone is 1. The van der Waals surface area contributed by atoms with Gasteiger partial charge < -0.3 is 18.9 Å². The van der Waals surface area contributed by atoms with Crippen LogP contribution in [-0.2, 0) is 9.53 Å². The second-order valence-electron chi connectivity index (χ2n) is 7.86. The number of hydrogen-bond acceptors (Lipinski definition) is 15. The molecule has 1 aliphatic rings. The summed E-state index contributed by atoms with van der Waals surface area (Å²) in [7, 11) is 0. The van der Waals surface area contributed by atoms with Crippen LogP contribution in [0.1, 0.15) is 25.8 Å². The van der Waals surface area contributed by atoms with E-state index in [2.05, 4.69) is 4.99 Å². The van der Waals surface area contributed by atoms with E-state index in [1.165, 1.54) is 25.1 Å². The van der Waals surface area contributed by atoms with Crippen LogP contribution in [0.3, 0.4) is 0 Å². The molecule has 18 nitrogen and oxygen atoms in total. The zero-order valence-corrected chi connectivity index (χ0v) is 21.4. The third-order valence-corrected chi connectivity index (χ3v) is 5.09. The predicted molar refractivity (Wildman–Crippen MR) is 136 cm³/mol. The highest BCUT2D eigenvalue weighted by molar-refractivity contribution is 6.08. The molecule has 0 spiro atoms. The normalized spacial score (nSPS) is 14.4. The van der Waals surface area contributed by atoms with Gasteiger partial charge in [-0.05, 0) is 26.0 Å². The van der Waals surface area contributed by atoms with Gasteiger partial charge >= 0.3 is 11.7 Å². The smallest absolute Gasteiger partial charge is 0.352 e. The Morgan fingerprint density at radius 2 is 1.61 bits per heavy atom. The topological polar surface area (TPSA) is 249 Å². The van der Waals surface area contributed by atoms with Crippen LogP contribution in [0.4, 0.5) is 11.4 Å². The molecule has 1 aliphatic heterocycles. The molecule has 0 fully saturated rings. The fourth-order valence-corrected chi connectivity index (χ4v) is 3.47. The monoisotopic (exact) mass is 571 g/mol. The number of carbonyl (C=O) groups excluding carboxylic acids is 1. The van der Waals surface area contributed by atoms with Crippen LogP contribution in [0.2, 0.25) is 0 Å². The molecule has 3 rings (SSSR count). The summed E-state index contributed by atoms with van der Waals surface area (Å²) in [6.07, 6.45) is -2.51. The fraction of sp³-hybridized carbons (Fsp3) is 0.261. The highest BCUT2D eigenvalue weighted by atomic mass is 16.6. The fourth-order valence-electron chi connectivity index (χ4n) is 3.47. The first-order valence-corrected chi connectivity index (χ1v) is 11.6. The highest BCUT2D eigenvalue weighted by Crippen LogP contribution is 2.32. The molecule has 0 saturated heterocycles. The molecule has 0 saturated carbocycles. The van der Waals surface area contributed by atoms with Crippen molar-refractivity contribution in [2.24, 2.45) is 10.8 Å². The maximum absolute atomic E-state index is 12.3. The van der Waals surface area contributed by atoms with E-state index >= 15 is 0 Å². The minimum absolute atomic E-state index is 0.0472. The summed E-state index contributed by atoms with van der Waals surface area (Å²) in [5, 5.41) is 44.6. The molecular weight excluding hydrogens is 550 g/mol. The van der Waals surface area contributed by atoms with E-state index in [1.807, 2.05) is 6.07 Å². The number of esters is 1. The summed E-state index contributed by atoms with van der Waals surface area (Å²) in [5.41, 5.74) is -2.67. The third-order valence-electron chi connectivity index (χ3n) is 5.09. The number of ether oxygens (including phenoxy) is 4. The predicted octanol–water partition coefficient (Wildman–Crippen LogP) is 2.54. The number of nitrogens with two attached hydrogens (primary N) is 1. The number of benzene rings is 2. The lowest BCUT2D eigenvalue weighted by Crippen LogP contribution is -2.49. The molecule has 2 aromatic rings. The van der Waals surface area contributed by atoms with Gasteiger partial charge in [-0.3, -0.25) is 35.1 Å². The van der Waals surface area contributed by atoms with Crippen molar-refractivity contribution < 1.29 is 38.5 Å². The Balaban J connectivity index is 2.14. The van der Waals surface area contributed by atoms with Gasteiger partial charge in [0.05, 0.1) is 64.2 Å². The summed E-state index contributed by atoms with van der Waals surface area (Å²) < 4.78 is 21.5. The van der Waals surface area contributed by atoms with Gasteiger partial charge in [0.2, 0.25) is 0 Å². The summed E-state index contributed by atoms with van der Waals surface area (Å²) in [4.78, 5) is 48.3. The SMILES string of the molecule is CCOC(=O)CC1=NC(Oc2cc([N+](=O)[O-])cc([N+](=O)[O-])c2)N(N)C(Oc2cc(C#N)cc(OCC)c2)=C1[N+](=O)[O-]. The van der Waals surface area contributed by atoms with Crippen LogP contribution >= 0.6 is 0 Å². The highest BCUT2D eigenvalue weighted by Gasteiger charge is 2.41. The molecule has 0 radical (unpaired) electrons. The Morgan fingerprint density at radius 1 is 0.976 bits per heavy atom. The number of nitro groups is 3. The molecule has 41 heavy (non-hydrogen) atoms. The molecule has 214 valence electrons. The molecule has 18 heteroatoms. The van der Waals surface area contributed by atoms with Crippen molar-refractivity contribution in [1.82, 2.24) is 5.01 Å². The standard InChI is InChI=1S/C23H21N7O11/c1-3-38-16-5-13(12-24)6-17(10-16)40-22-21(30(36)37)19(11-20(31)39-4-2)26-23(27(22)25)41-18-8-14(28(32)33)7-15(9-18)29(34)35/h5-10,23H,3-4,11,25H2,1-2H3. The first kappa shape index (κ1) is 29.7. The minimum atomic E-state index is -1.77. The number of rotatable bonds is 12. The van der Waals surface area contributed by atoms with Crippen molar-refractivity contribution in [3.05, 3.63) is 83.9 Å². The van der Waals surface area contributed by atoms with Crippen LogP contribution in [0.5, 0.6) is 17.2 Å². The first-order valence-electron chi connectivity index (χ1n) is 11.6. The lowest BCUT2D eigenvalue weighted by atomic mass is 10.1. The largest absolute Gasteiger partial charge is 0.494 e. The van der Waals surface area contributed by atoms with Crippen molar-refractivity contribution in [3.63, 3.8) is 0 Å². The molecule has 2 N–H and O–H groups in total. The van der Waals surface area contributed by atoms with Crippen molar-refractivity contribution in [2.45, 2.75) is 26.6 Å². The summed E-state index contributed by atoms with van der Waals surface area (Å²) in [5.74, 6) is 4.12. The molecule has 2 aromatic carbocycles. The van der Waals surface area contributed by atoms with Crippen molar-refractivity contribution in [2.75, 3.05) is 13.2 Å². The van der Waals surface area contributed by atoms with Gasteiger partial charge in [0.15, 0.2) is 0 Å². The van der Waals surface area contributed by atoms with E-state index in [0.29, 0.717) is 11.1 Å². The zero-order valence-electron chi connectivity index (χ0n) is 21.4. The number of nitrogens with zero attached hydrogens (tertiary/aromatic N) is 6. The van der Waals surface area contributed by atoms with Crippen molar-refractivity contribution in [1.29, 1.82) is 5.26 Å². The number of aliphatic imine (C=N–C) groups is 1. The van der Waals surface area contributed by atoms with E-state index in [-0.39, 0.29) is 30.3 Å². The number of hydrogen-bond donors (Lipinski definition) is 1. The van der Waals surface area contributed by atoms with Crippen molar-refractivity contribution in [3.8, 4) is 23.3 Å². The van der Waals surface area contributed by atoms with Crippen LogP contribution < -0.4 is 20.1 Å². The van der Waals surface area contributed by atoms with Gasteiger partial charge in [-0.1, -0.05) is 0 Å². The summed E-state index contributed by atoms with van der Waals surface area (Å²) in [6, 6.07) is 8.23. The van der Waals surface area contributed by atoms with Crippen LogP contribution in [0.15, 0.2) is 53.0 Å². The summed E-state index contributed by atoms with van der Waals surface area (Å²) in [6.45, 7) is 3.38. The van der Waals surface area contributed by atoms with Crippen LogP contribution in [0.25, 0.3) is 0 Å². The second-order valence-corrected chi connectivity index (χ2v) is 7.86. The minimum Gasteiger partial charge on any atom is -0.494 e. The zero-order chi connectivity index (χ0) is 30.3. The maximum Gasteiger partial charge on any atom is 0.352 e. The van der Waals surface area contributed by atoms with Gasteiger partial charge in [0.1, 0.15) is 23.0 Å². The molecule has 1 atom stereocenters. The van der Waals surface area contributed by atoms with E-state index < -0.39 is 67.9 Å². The van der Waals surface area contributed by atoms with Crippen molar-refractivity contribution >= 4 is 23.1 Å². The van der Waals surface area contributed by atoms with E-state index in [4.69, 9.17) is 24.8 Å². The average molecular weight is 571 g/mol. The van der Waals surface area contributed by atoms with E-state index in [9.17, 15) is 40.4 Å². The van der Waals surface area contributed by atoms with E-state index in [1.54, 1.807) is 6.92 Å². The number of non-ortho nitro benzene ring substituents is 2. The number of hydrazine groups is 1. The Morgan fingerprint density at radius 3 is 2.15 bits per heavy atom. The molecule has 0 amide bonds. The van der Waals surface area contributed by atoms with E-state index in [0.717, 1.165) is 12.1 Å². The quantitative estimate of drug-likeness (QED) is 0.166. The Bertz CT molecular complexity index is 1470. The Hall–Kier alpha value is -5.83. The van der Waals surface area contributed by atoms with Crippen LogP contribution in [-0.4, -0.2) is 51.0 Å². The molecule has 0 aromatic heterocycles. The Kier molecular flexibility index (Phi) is 9.29. The molecule has 1 heterocycles. The molecule has 0 bridgehead atoms. The first-order chi connectivity index (χ1) is 19.5. The average Bonchev–Trinajstić information content (AvgIpc) is 2.91. The molecular formula is C23H21N7O11. The number of nitro benzene ring substituents is 2. The second kappa shape index (κ2) is 12.8. The van der Waals surface area contributed by atoms with Gasteiger partial charge in [0, 0.05) is 6.07 Å². The van der Waals surface area contributed by atoms with Gasteiger partial charge in [-0.15, -0.1) is 0 Å². The van der Waals surface area contributed by atoms with Gasteiger partial charge in [-0.2, -0.15) is 5.26 Å². The number of nitriles is 1. The molecule has 1 unspecified atom stereocenters. The Labute approximate surface area is 230 Å². The lowest BCUT2D eigenvalue weighted by Gasteiger charge is -2.31. The number of carbonyl (C=O) groups is 1. The third kappa shape index (κ3) is 7.18.